The first kappa shape index (κ1) is 17.7. The molecule has 5 aromatic rings. The fraction of sp³-hybridized carbons (Fsp3) is 0.0370. The second-order valence-electron chi connectivity index (χ2n) is 7.53. The molecule has 3 heterocycles. The zero-order valence-corrected chi connectivity index (χ0v) is 16.7. The van der Waals surface area contributed by atoms with E-state index in [0.717, 1.165) is 33.3 Å². The molecule has 0 radical (unpaired) electrons. The molecule has 4 nitrogen and oxygen atoms in total. The number of fused-ring (bicyclic) bond motifs is 7. The topological polar surface area (TPSA) is 46.5 Å². The summed E-state index contributed by atoms with van der Waals surface area (Å²) in [5.74, 6) is 1.82. The van der Waals surface area contributed by atoms with Gasteiger partial charge < -0.3 is 10.1 Å². The van der Waals surface area contributed by atoms with Crippen LogP contribution < -0.4 is 20.6 Å². The first-order valence-corrected chi connectivity index (χ1v) is 10.3. The van der Waals surface area contributed by atoms with Gasteiger partial charge in [-0.2, -0.15) is 0 Å². The summed E-state index contributed by atoms with van der Waals surface area (Å²) in [6, 6.07) is 26.7. The molecule has 2 aliphatic heterocycles. The van der Waals surface area contributed by atoms with Crippen molar-refractivity contribution in [2.75, 3.05) is 12.0 Å². The van der Waals surface area contributed by atoms with Crippen LogP contribution in [0.15, 0.2) is 96.2 Å². The molecule has 0 unspecified atom stereocenters. The van der Waals surface area contributed by atoms with Gasteiger partial charge in [-0.1, -0.05) is 48.5 Å². The lowest BCUT2D eigenvalue weighted by Gasteiger charge is -2.16. The number of nitrogens with one attached hydrogen (secondary N) is 1. The molecule has 0 bridgehead atoms. The van der Waals surface area contributed by atoms with E-state index in [9.17, 15) is 0 Å². The van der Waals surface area contributed by atoms with Gasteiger partial charge in [0.05, 0.1) is 11.0 Å². The quantitative estimate of drug-likeness (QED) is 0.389. The van der Waals surface area contributed by atoms with E-state index in [4.69, 9.17) is 4.74 Å². The molecule has 2 aliphatic rings. The first-order chi connectivity index (χ1) is 15.4. The molecule has 0 atom stereocenters. The third-order valence-electron chi connectivity index (χ3n) is 5.67. The highest BCUT2D eigenvalue weighted by molar-refractivity contribution is 5.90. The molecule has 0 saturated carbocycles. The van der Waals surface area contributed by atoms with Crippen LogP contribution in [0, 0.1) is 0 Å². The minimum absolute atomic E-state index is 0.661. The van der Waals surface area contributed by atoms with Gasteiger partial charge in [-0.15, -0.1) is 0 Å². The summed E-state index contributed by atoms with van der Waals surface area (Å²) in [6.45, 7) is 0.661. The van der Waals surface area contributed by atoms with Gasteiger partial charge in [-0.3, -0.25) is 9.98 Å². The number of rotatable bonds is 0. The van der Waals surface area contributed by atoms with Crippen molar-refractivity contribution in [1.29, 1.82) is 0 Å². The molecule has 0 spiro atoms. The Labute approximate surface area is 179 Å². The lowest BCUT2D eigenvalue weighted by atomic mass is 10.0. The van der Waals surface area contributed by atoms with Gasteiger partial charge in [0.25, 0.3) is 0 Å². The Bertz CT molecular complexity index is 1510. The highest BCUT2D eigenvalue weighted by Crippen LogP contribution is 2.29. The van der Waals surface area contributed by atoms with Crippen LogP contribution in [0.25, 0.3) is 27.6 Å². The minimum atomic E-state index is 0.661. The van der Waals surface area contributed by atoms with Crippen LogP contribution in [-0.4, -0.2) is 11.7 Å². The molecule has 31 heavy (non-hydrogen) atoms. The summed E-state index contributed by atoms with van der Waals surface area (Å²) in [5.41, 5.74) is 2.23. The second kappa shape index (κ2) is 7.26. The molecule has 0 fully saturated rings. The van der Waals surface area contributed by atoms with E-state index in [1.165, 1.54) is 21.5 Å². The number of hydrogen-bond acceptors (Lipinski definition) is 4. The number of para-hydroxylation sites is 1. The minimum Gasteiger partial charge on any atom is -0.456 e. The molecular formula is C27H19N3O. The lowest BCUT2D eigenvalue weighted by Crippen LogP contribution is -2.15. The molecular weight excluding hydrogens is 382 g/mol. The Hall–Kier alpha value is -4.18. The third kappa shape index (κ3) is 3.09. The van der Waals surface area contributed by atoms with E-state index >= 15 is 0 Å². The van der Waals surface area contributed by atoms with Crippen molar-refractivity contribution in [2.24, 2.45) is 4.99 Å². The van der Waals surface area contributed by atoms with E-state index in [0.29, 0.717) is 6.67 Å². The van der Waals surface area contributed by atoms with Crippen LogP contribution in [0.2, 0.25) is 0 Å². The number of hydrogen-bond donors (Lipinski definition) is 1. The van der Waals surface area contributed by atoms with Crippen molar-refractivity contribution in [1.82, 2.24) is 4.98 Å². The van der Waals surface area contributed by atoms with Gasteiger partial charge in [0.15, 0.2) is 0 Å². The smallest absolute Gasteiger partial charge is 0.135 e. The van der Waals surface area contributed by atoms with Gasteiger partial charge in [-0.05, 0) is 52.6 Å². The average Bonchev–Trinajstić information content (AvgIpc) is 3.32. The summed E-state index contributed by atoms with van der Waals surface area (Å²) in [5, 5.41) is 10.3. The highest BCUT2D eigenvalue weighted by atomic mass is 16.5. The van der Waals surface area contributed by atoms with E-state index in [2.05, 4.69) is 57.8 Å². The Morgan fingerprint density at radius 3 is 2.52 bits per heavy atom. The van der Waals surface area contributed by atoms with Crippen LogP contribution in [0.1, 0.15) is 5.56 Å². The Morgan fingerprint density at radius 1 is 0.742 bits per heavy atom. The van der Waals surface area contributed by atoms with Gasteiger partial charge in [-0.25, -0.2) is 0 Å². The van der Waals surface area contributed by atoms with Gasteiger partial charge in [0.2, 0.25) is 0 Å². The third-order valence-corrected chi connectivity index (χ3v) is 5.67. The van der Waals surface area contributed by atoms with Crippen LogP contribution in [-0.2, 0) is 0 Å². The average molecular weight is 401 g/mol. The summed E-state index contributed by atoms with van der Waals surface area (Å²) in [6.07, 6.45) is 5.88. The Balaban J connectivity index is 0.000000156. The van der Waals surface area contributed by atoms with Crippen LogP contribution >= 0.6 is 0 Å². The van der Waals surface area contributed by atoms with Crippen LogP contribution in [0.5, 0.6) is 11.5 Å². The SMILES string of the molecule is C1=c2c(ccc3c4c(ccc23)NCN=4)Oc2ccccc21.c1ccc2cnccc2c1. The summed E-state index contributed by atoms with van der Waals surface area (Å²) in [4.78, 5) is 8.57. The van der Waals surface area contributed by atoms with Crippen molar-refractivity contribution < 1.29 is 4.74 Å². The normalized spacial score (nSPS) is 12.8. The van der Waals surface area contributed by atoms with Crippen molar-refractivity contribution in [3.8, 4) is 11.5 Å². The second-order valence-corrected chi connectivity index (χ2v) is 7.53. The van der Waals surface area contributed by atoms with Crippen molar-refractivity contribution >= 4 is 33.3 Å². The molecule has 7 rings (SSSR count). The number of nitrogens with zero attached hydrogens (tertiary/aromatic N) is 2. The first-order valence-electron chi connectivity index (χ1n) is 10.3. The molecule has 4 heteroatoms. The monoisotopic (exact) mass is 401 g/mol. The number of ether oxygens (including phenoxy) is 1. The van der Waals surface area contributed by atoms with Crippen LogP contribution in [0.4, 0.5) is 5.69 Å². The molecule has 1 aromatic heterocycles. The molecule has 0 saturated heterocycles. The van der Waals surface area contributed by atoms with Gasteiger partial charge in [0, 0.05) is 28.6 Å². The predicted molar refractivity (Wildman–Crippen MR) is 125 cm³/mol. The van der Waals surface area contributed by atoms with Crippen molar-refractivity contribution in [3.05, 3.63) is 107 Å². The Morgan fingerprint density at radius 2 is 1.58 bits per heavy atom. The van der Waals surface area contributed by atoms with E-state index in [-0.39, 0.29) is 0 Å². The van der Waals surface area contributed by atoms with E-state index in [1.807, 2.05) is 54.9 Å². The van der Waals surface area contributed by atoms with Crippen LogP contribution in [0.3, 0.4) is 0 Å². The zero-order chi connectivity index (χ0) is 20.6. The molecule has 0 amide bonds. The van der Waals surface area contributed by atoms with Crippen molar-refractivity contribution in [3.63, 3.8) is 0 Å². The number of benzene rings is 4. The maximum atomic E-state index is 6.03. The fourth-order valence-electron chi connectivity index (χ4n) is 4.14. The Kier molecular flexibility index (Phi) is 4.13. The standard InChI is InChI=1S/C18H12N2O.C9H7N/c1-2-4-16-11(3-1)9-14-12-5-7-15-18(20-10-19-15)13(12)6-8-17(14)21-16;1-2-4-9-7-10-6-5-8(9)3-1/h1-9,19H,10H2;1-7H. The predicted octanol–water partition coefficient (Wildman–Crippen LogP) is 5.01. The largest absolute Gasteiger partial charge is 0.456 e. The van der Waals surface area contributed by atoms with Gasteiger partial charge >= 0.3 is 0 Å². The summed E-state index contributed by atoms with van der Waals surface area (Å²) in [7, 11) is 0. The molecule has 148 valence electrons. The van der Waals surface area contributed by atoms with E-state index in [1.54, 1.807) is 0 Å². The number of pyridine rings is 1. The summed E-state index contributed by atoms with van der Waals surface area (Å²) >= 11 is 0. The molecule has 1 N–H and O–H groups in total. The zero-order valence-electron chi connectivity index (χ0n) is 16.7. The maximum Gasteiger partial charge on any atom is 0.135 e. The fourth-order valence-corrected chi connectivity index (χ4v) is 4.14. The molecule has 4 aromatic carbocycles. The van der Waals surface area contributed by atoms with E-state index < -0.39 is 0 Å². The summed E-state index contributed by atoms with van der Waals surface area (Å²) < 4.78 is 6.03. The van der Waals surface area contributed by atoms with Gasteiger partial charge in [0.1, 0.15) is 18.2 Å². The number of aromatic nitrogens is 1. The molecule has 0 aliphatic carbocycles. The van der Waals surface area contributed by atoms with Crippen molar-refractivity contribution in [2.45, 2.75) is 0 Å². The lowest BCUT2D eigenvalue weighted by molar-refractivity contribution is 0.474. The number of anilines is 1. The maximum absolute atomic E-state index is 6.03. The highest BCUT2D eigenvalue weighted by Gasteiger charge is 2.14.